The van der Waals surface area contributed by atoms with Crippen LogP contribution in [-0.4, -0.2) is 58.9 Å². The van der Waals surface area contributed by atoms with Crippen LogP contribution in [0.15, 0.2) is 6.07 Å². The Morgan fingerprint density at radius 3 is 2.96 bits per heavy atom. The number of carbonyl (C=O) groups is 1. The number of carbonyl (C=O) groups excluding carboxylic acids is 1. The minimum Gasteiger partial charge on any atom is -0.493 e. The van der Waals surface area contributed by atoms with Gasteiger partial charge in [-0.3, -0.25) is 0 Å². The van der Waals surface area contributed by atoms with E-state index < -0.39 is 5.60 Å². The van der Waals surface area contributed by atoms with Gasteiger partial charge >= 0.3 is 6.09 Å². The number of nitrogens with one attached hydrogen (secondary N) is 1. The first kappa shape index (κ1) is 19.2. The second kappa shape index (κ2) is 7.61. The Balaban J connectivity index is 1.82. The number of hydrogen-bond acceptors (Lipinski definition) is 7. The van der Waals surface area contributed by atoms with Crippen LogP contribution in [0.5, 0.6) is 5.88 Å². The summed E-state index contributed by atoms with van der Waals surface area (Å²) in [5, 5.41) is 22.5. The molecule has 0 spiro atoms. The van der Waals surface area contributed by atoms with E-state index in [1.54, 1.807) is 11.0 Å². The Morgan fingerprint density at radius 1 is 1.48 bits per heavy atom. The van der Waals surface area contributed by atoms with Crippen LogP contribution < -0.4 is 10.2 Å². The van der Waals surface area contributed by atoms with Crippen molar-refractivity contribution in [3.05, 3.63) is 17.3 Å². The number of fused-ring (bicyclic) bond motifs is 1. The lowest BCUT2D eigenvalue weighted by Crippen LogP contribution is -2.56. The van der Waals surface area contributed by atoms with Gasteiger partial charge in [-0.25, -0.2) is 9.78 Å². The largest absolute Gasteiger partial charge is 0.493 e. The maximum absolute atomic E-state index is 12.5. The molecule has 0 radical (unpaired) electrons. The van der Waals surface area contributed by atoms with Gasteiger partial charge in [-0.05, 0) is 39.3 Å². The maximum atomic E-state index is 12.5. The van der Waals surface area contributed by atoms with Crippen molar-refractivity contribution in [2.75, 3.05) is 31.1 Å². The third-order valence-electron chi connectivity index (χ3n) is 4.80. The van der Waals surface area contributed by atoms with Crippen molar-refractivity contribution in [3.63, 3.8) is 0 Å². The summed E-state index contributed by atoms with van der Waals surface area (Å²) in [6, 6.07) is 3.62. The molecular formula is C19H27N5O3. The molecule has 146 valence electrons. The summed E-state index contributed by atoms with van der Waals surface area (Å²) in [6.07, 6.45) is 0.690. The zero-order valence-corrected chi connectivity index (χ0v) is 16.2. The Morgan fingerprint density at radius 2 is 2.26 bits per heavy atom. The monoisotopic (exact) mass is 373 g/mol. The molecule has 2 N–H and O–H groups in total. The van der Waals surface area contributed by atoms with E-state index in [-0.39, 0.29) is 24.4 Å². The first-order chi connectivity index (χ1) is 12.8. The summed E-state index contributed by atoms with van der Waals surface area (Å²) < 4.78 is 5.51. The van der Waals surface area contributed by atoms with Crippen LogP contribution in [0, 0.1) is 11.3 Å². The van der Waals surface area contributed by atoms with E-state index in [0.29, 0.717) is 26.2 Å². The third kappa shape index (κ3) is 4.42. The maximum Gasteiger partial charge on any atom is 0.410 e. The lowest BCUT2D eigenvalue weighted by atomic mass is 10.0. The normalized spacial score (nSPS) is 20.0. The quantitative estimate of drug-likeness (QED) is 0.814. The number of amides is 1. The summed E-state index contributed by atoms with van der Waals surface area (Å²) in [6.45, 7) is 8.61. The van der Waals surface area contributed by atoms with E-state index in [1.165, 1.54) is 0 Å². The molecule has 2 aliphatic rings. The van der Waals surface area contributed by atoms with E-state index in [4.69, 9.17) is 4.74 Å². The summed E-state index contributed by atoms with van der Waals surface area (Å²) >= 11 is 0. The molecule has 1 fully saturated rings. The van der Waals surface area contributed by atoms with Crippen molar-refractivity contribution in [3.8, 4) is 11.9 Å². The van der Waals surface area contributed by atoms with Gasteiger partial charge in [-0.15, -0.1) is 0 Å². The molecule has 0 saturated carbocycles. The van der Waals surface area contributed by atoms with Gasteiger partial charge in [0.2, 0.25) is 5.88 Å². The van der Waals surface area contributed by atoms with Crippen molar-refractivity contribution < 1.29 is 14.6 Å². The van der Waals surface area contributed by atoms with Gasteiger partial charge in [-0.2, -0.15) is 5.26 Å². The molecule has 1 saturated heterocycles. The van der Waals surface area contributed by atoms with Crippen LogP contribution in [0.3, 0.4) is 0 Å². The molecule has 8 heteroatoms. The molecule has 3 heterocycles. The van der Waals surface area contributed by atoms with Gasteiger partial charge in [0.05, 0.1) is 24.2 Å². The molecule has 0 aliphatic carbocycles. The highest BCUT2D eigenvalue weighted by Gasteiger charge is 2.34. The second-order valence-corrected chi connectivity index (χ2v) is 7.99. The molecule has 1 atom stereocenters. The highest BCUT2D eigenvalue weighted by atomic mass is 16.6. The van der Waals surface area contributed by atoms with Crippen molar-refractivity contribution >= 4 is 11.8 Å². The Labute approximate surface area is 159 Å². The molecule has 1 unspecified atom stereocenters. The molecule has 0 bridgehead atoms. The fraction of sp³-hybridized carbons (Fsp3) is 0.632. The average molecular weight is 373 g/mol. The summed E-state index contributed by atoms with van der Waals surface area (Å²) in [5.41, 5.74) is 2.37. The van der Waals surface area contributed by atoms with Crippen LogP contribution in [0.2, 0.25) is 0 Å². The number of nitrogens with zero attached hydrogens (tertiary/aromatic N) is 4. The van der Waals surface area contributed by atoms with Gasteiger partial charge < -0.3 is 25.0 Å². The number of piperazine rings is 1. The second-order valence-electron chi connectivity index (χ2n) is 7.99. The molecular weight excluding hydrogens is 346 g/mol. The standard InChI is InChI=1S/C19H27N5O3/c1-19(2,3)27-18(26)24-9-8-23(12-13(24)4-6-20)16-10-17(25)22-15-11-21-7-5-14(15)16/h10,13,21H,4-5,7-9,11-12H2,1-3H3,(H,22,25). The van der Waals surface area contributed by atoms with Gasteiger partial charge in [0, 0.05) is 37.9 Å². The van der Waals surface area contributed by atoms with Crippen molar-refractivity contribution in [1.29, 1.82) is 5.26 Å². The Hall–Kier alpha value is -2.53. The van der Waals surface area contributed by atoms with Gasteiger partial charge in [0.15, 0.2) is 0 Å². The SMILES string of the molecule is CC(C)(C)OC(=O)N1CCN(c2cc(O)nc3c2CCNC3)CC1CC#N. The Bertz CT molecular complexity index is 753. The van der Waals surface area contributed by atoms with E-state index in [9.17, 15) is 15.2 Å². The number of ether oxygens (including phenoxy) is 1. The zero-order chi connectivity index (χ0) is 19.6. The first-order valence-corrected chi connectivity index (χ1v) is 9.32. The van der Waals surface area contributed by atoms with E-state index >= 15 is 0 Å². The van der Waals surface area contributed by atoms with E-state index in [0.717, 1.165) is 29.9 Å². The number of rotatable bonds is 2. The zero-order valence-electron chi connectivity index (χ0n) is 16.2. The fourth-order valence-electron chi connectivity index (χ4n) is 3.63. The number of anilines is 1. The average Bonchev–Trinajstić information content (AvgIpc) is 2.59. The molecule has 1 aromatic rings. The molecule has 1 aromatic heterocycles. The number of aromatic nitrogens is 1. The summed E-state index contributed by atoms with van der Waals surface area (Å²) in [7, 11) is 0. The fourth-order valence-corrected chi connectivity index (χ4v) is 3.63. The van der Waals surface area contributed by atoms with Crippen LogP contribution in [0.4, 0.5) is 10.5 Å². The molecule has 1 amide bonds. The smallest absolute Gasteiger partial charge is 0.410 e. The van der Waals surface area contributed by atoms with Crippen molar-refractivity contribution in [1.82, 2.24) is 15.2 Å². The predicted octanol–water partition coefficient (Wildman–Crippen LogP) is 1.77. The molecule has 8 nitrogen and oxygen atoms in total. The highest BCUT2D eigenvalue weighted by molar-refractivity contribution is 5.69. The number of pyridine rings is 1. The third-order valence-corrected chi connectivity index (χ3v) is 4.80. The lowest BCUT2D eigenvalue weighted by Gasteiger charge is -2.42. The van der Waals surface area contributed by atoms with Gasteiger partial charge in [0.25, 0.3) is 0 Å². The van der Waals surface area contributed by atoms with Crippen molar-refractivity contribution in [2.24, 2.45) is 0 Å². The van der Waals surface area contributed by atoms with Crippen LogP contribution >= 0.6 is 0 Å². The van der Waals surface area contributed by atoms with Crippen LogP contribution in [-0.2, 0) is 17.7 Å². The minimum atomic E-state index is -0.575. The summed E-state index contributed by atoms with van der Waals surface area (Å²) in [4.78, 5) is 20.6. The van der Waals surface area contributed by atoms with Crippen LogP contribution in [0.1, 0.15) is 38.4 Å². The first-order valence-electron chi connectivity index (χ1n) is 9.32. The van der Waals surface area contributed by atoms with Gasteiger partial charge in [-0.1, -0.05) is 0 Å². The van der Waals surface area contributed by atoms with E-state index in [1.807, 2.05) is 20.8 Å². The van der Waals surface area contributed by atoms with Crippen LogP contribution in [0.25, 0.3) is 0 Å². The van der Waals surface area contributed by atoms with Crippen molar-refractivity contribution in [2.45, 2.75) is 51.8 Å². The summed E-state index contributed by atoms with van der Waals surface area (Å²) in [5.74, 6) is -0.00106. The predicted molar refractivity (Wildman–Crippen MR) is 100 cm³/mol. The molecule has 2 aliphatic heterocycles. The topological polar surface area (TPSA) is 102 Å². The number of nitriles is 1. The van der Waals surface area contributed by atoms with E-state index in [2.05, 4.69) is 21.3 Å². The van der Waals surface area contributed by atoms with Gasteiger partial charge in [0.1, 0.15) is 5.60 Å². The lowest BCUT2D eigenvalue weighted by molar-refractivity contribution is 0.0145. The number of hydrogen-bond donors (Lipinski definition) is 2. The number of aromatic hydroxyl groups is 1. The Kier molecular flexibility index (Phi) is 5.42. The highest BCUT2D eigenvalue weighted by Crippen LogP contribution is 2.31. The molecule has 3 rings (SSSR count). The minimum absolute atomic E-state index is 0.00106. The molecule has 27 heavy (non-hydrogen) atoms. The molecule has 0 aromatic carbocycles.